The van der Waals surface area contributed by atoms with Crippen LogP contribution in [0.3, 0.4) is 0 Å². The predicted molar refractivity (Wildman–Crippen MR) is 66.8 cm³/mol. The van der Waals surface area contributed by atoms with E-state index in [-0.39, 0.29) is 18.1 Å². The van der Waals surface area contributed by atoms with Crippen LogP contribution in [0.25, 0.3) is 0 Å². The second kappa shape index (κ2) is 4.37. The lowest BCUT2D eigenvalue weighted by atomic mass is 9.90. The van der Waals surface area contributed by atoms with Crippen LogP contribution in [0.15, 0.2) is 0 Å². The fourth-order valence-corrected chi connectivity index (χ4v) is 2.82. The minimum Gasteiger partial charge on any atom is -0.479 e. The van der Waals surface area contributed by atoms with Gasteiger partial charge in [-0.2, -0.15) is 0 Å². The molecule has 0 aromatic carbocycles. The van der Waals surface area contributed by atoms with Crippen LogP contribution in [-0.2, 0) is 14.3 Å². The zero-order chi connectivity index (χ0) is 14.4. The van der Waals surface area contributed by atoms with Crippen LogP contribution in [0.1, 0.15) is 33.6 Å². The minimum absolute atomic E-state index is 0.0698. The van der Waals surface area contributed by atoms with Gasteiger partial charge >= 0.3 is 12.1 Å². The lowest BCUT2D eigenvalue weighted by Gasteiger charge is -2.37. The molecule has 1 aliphatic carbocycles. The number of methoxy groups -OCH3 is 1. The van der Waals surface area contributed by atoms with Gasteiger partial charge in [0, 0.05) is 32.0 Å². The molecule has 1 heterocycles. The number of carboxylic acid groups (broad SMARTS) is 1. The molecule has 0 aromatic heterocycles. The molecule has 1 amide bonds. The number of piperidine rings is 1. The zero-order valence-corrected chi connectivity index (χ0v) is 11.8. The Morgan fingerprint density at radius 3 is 2.47 bits per heavy atom. The van der Waals surface area contributed by atoms with Crippen LogP contribution >= 0.6 is 0 Å². The summed E-state index contributed by atoms with van der Waals surface area (Å²) in [6, 6.07) is -0.0698. The van der Waals surface area contributed by atoms with Crippen molar-refractivity contribution in [2.45, 2.75) is 50.9 Å². The SMILES string of the molecule is COC1(C(=O)O)CCN(C(=O)OC(C)(C)C)C2CC21. The third-order valence-electron chi connectivity index (χ3n) is 3.83. The highest BCUT2D eigenvalue weighted by Crippen LogP contribution is 2.51. The summed E-state index contributed by atoms with van der Waals surface area (Å²) in [7, 11) is 1.42. The quantitative estimate of drug-likeness (QED) is 0.823. The largest absolute Gasteiger partial charge is 0.479 e. The molecule has 1 saturated heterocycles. The van der Waals surface area contributed by atoms with Gasteiger partial charge in [-0.15, -0.1) is 0 Å². The number of rotatable bonds is 2. The number of fused-ring (bicyclic) bond motifs is 1. The number of hydrogen-bond acceptors (Lipinski definition) is 4. The summed E-state index contributed by atoms with van der Waals surface area (Å²) in [5.74, 6) is -1.07. The molecule has 0 aromatic rings. The number of aliphatic carboxylic acids is 1. The second-order valence-corrected chi connectivity index (χ2v) is 6.23. The number of carbonyl (C=O) groups is 2. The Balaban J connectivity index is 2.06. The predicted octanol–water partition coefficient (Wildman–Crippen LogP) is 1.49. The standard InChI is InChI=1S/C13H21NO5/c1-12(2,3)19-11(17)14-6-5-13(18-4,10(15)16)8-7-9(8)14/h8-9H,5-7H2,1-4H3,(H,15,16). The van der Waals surface area contributed by atoms with E-state index in [9.17, 15) is 14.7 Å². The van der Waals surface area contributed by atoms with Gasteiger partial charge in [0.1, 0.15) is 5.60 Å². The molecule has 3 unspecified atom stereocenters. The summed E-state index contributed by atoms with van der Waals surface area (Å²) in [6.45, 7) is 5.80. The number of amides is 1. The number of nitrogens with zero attached hydrogens (tertiary/aromatic N) is 1. The zero-order valence-electron chi connectivity index (χ0n) is 11.8. The summed E-state index contributed by atoms with van der Waals surface area (Å²) in [5, 5.41) is 9.34. The van der Waals surface area contributed by atoms with Crippen molar-refractivity contribution >= 4 is 12.1 Å². The molecule has 2 rings (SSSR count). The third kappa shape index (κ3) is 2.41. The smallest absolute Gasteiger partial charge is 0.410 e. The van der Waals surface area contributed by atoms with Gasteiger partial charge in [0.25, 0.3) is 0 Å². The first-order valence-electron chi connectivity index (χ1n) is 6.49. The Morgan fingerprint density at radius 2 is 2.00 bits per heavy atom. The summed E-state index contributed by atoms with van der Waals surface area (Å²) >= 11 is 0. The molecule has 0 radical (unpaired) electrons. The summed E-state index contributed by atoms with van der Waals surface area (Å²) in [5.41, 5.74) is -1.67. The van der Waals surface area contributed by atoms with Gasteiger partial charge in [-0.25, -0.2) is 9.59 Å². The molecule has 2 aliphatic rings. The van der Waals surface area contributed by atoms with Crippen LogP contribution in [0.2, 0.25) is 0 Å². The molecular formula is C13H21NO5. The van der Waals surface area contributed by atoms with Gasteiger partial charge in [-0.05, 0) is 27.2 Å². The molecule has 1 N–H and O–H groups in total. The number of ether oxygens (including phenoxy) is 2. The molecular weight excluding hydrogens is 250 g/mol. The van der Waals surface area contributed by atoms with Crippen molar-refractivity contribution in [2.24, 2.45) is 5.92 Å². The molecule has 1 saturated carbocycles. The van der Waals surface area contributed by atoms with Gasteiger partial charge in [-0.3, -0.25) is 0 Å². The fourth-order valence-electron chi connectivity index (χ4n) is 2.82. The van der Waals surface area contributed by atoms with E-state index in [4.69, 9.17) is 9.47 Å². The third-order valence-corrected chi connectivity index (χ3v) is 3.83. The Labute approximate surface area is 112 Å². The molecule has 6 heteroatoms. The number of hydrogen-bond donors (Lipinski definition) is 1. The van der Waals surface area contributed by atoms with Crippen molar-refractivity contribution in [1.29, 1.82) is 0 Å². The lowest BCUT2D eigenvalue weighted by Crippen LogP contribution is -2.54. The topological polar surface area (TPSA) is 76.1 Å². The van der Waals surface area contributed by atoms with Crippen molar-refractivity contribution in [3.05, 3.63) is 0 Å². The van der Waals surface area contributed by atoms with E-state index in [0.717, 1.165) is 0 Å². The summed E-state index contributed by atoms with van der Waals surface area (Å²) in [6.07, 6.45) is 0.605. The highest BCUT2D eigenvalue weighted by Gasteiger charge is 2.64. The van der Waals surface area contributed by atoms with Crippen molar-refractivity contribution in [2.75, 3.05) is 13.7 Å². The highest BCUT2D eigenvalue weighted by atomic mass is 16.6. The van der Waals surface area contributed by atoms with Crippen LogP contribution < -0.4 is 0 Å². The van der Waals surface area contributed by atoms with E-state index < -0.39 is 17.2 Å². The van der Waals surface area contributed by atoms with Crippen molar-refractivity contribution in [3.63, 3.8) is 0 Å². The molecule has 2 fully saturated rings. The number of carboxylic acids is 1. The number of likely N-dealkylation sites (tertiary alicyclic amines) is 1. The average Bonchev–Trinajstić information content (AvgIpc) is 3.04. The van der Waals surface area contributed by atoms with E-state index in [1.54, 1.807) is 4.90 Å². The van der Waals surface area contributed by atoms with E-state index in [2.05, 4.69) is 0 Å². The number of carbonyl (C=O) groups excluding carboxylic acids is 1. The van der Waals surface area contributed by atoms with E-state index >= 15 is 0 Å². The maximum Gasteiger partial charge on any atom is 0.410 e. The molecule has 108 valence electrons. The first-order valence-corrected chi connectivity index (χ1v) is 6.49. The second-order valence-electron chi connectivity index (χ2n) is 6.23. The Kier molecular flexibility index (Phi) is 3.24. The van der Waals surface area contributed by atoms with Gasteiger partial charge in [-0.1, -0.05) is 0 Å². The first-order chi connectivity index (χ1) is 8.71. The highest BCUT2D eigenvalue weighted by molar-refractivity contribution is 5.80. The van der Waals surface area contributed by atoms with Crippen LogP contribution in [0, 0.1) is 5.92 Å². The molecule has 6 nitrogen and oxygen atoms in total. The molecule has 0 bridgehead atoms. The molecule has 1 aliphatic heterocycles. The summed E-state index contributed by atoms with van der Waals surface area (Å²) in [4.78, 5) is 25.1. The lowest BCUT2D eigenvalue weighted by molar-refractivity contribution is -0.170. The molecule has 0 spiro atoms. The first kappa shape index (κ1) is 14.1. The van der Waals surface area contributed by atoms with Crippen LogP contribution in [0.5, 0.6) is 0 Å². The molecule has 19 heavy (non-hydrogen) atoms. The van der Waals surface area contributed by atoms with Gasteiger partial charge < -0.3 is 19.5 Å². The van der Waals surface area contributed by atoms with Crippen LogP contribution in [0.4, 0.5) is 4.79 Å². The van der Waals surface area contributed by atoms with Crippen molar-refractivity contribution in [1.82, 2.24) is 4.90 Å². The summed E-state index contributed by atoms with van der Waals surface area (Å²) < 4.78 is 10.6. The Morgan fingerprint density at radius 1 is 1.37 bits per heavy atom. The van der Waals surface area contributed by atoms with E-state index in [1.165, 1.54) is 7.11 Å². The Bertz CT molecular complexity index is 402. The minimum atomic E-state index is -1.14. The maximum atomic E-state index is 12.0. The van der Waals surface area contributed by atoms with Gasteiger partial charge in [0.2, 0.25) is 0 Å². The van der Waals surface area contributed by atoms with Crippen molar-refractivity contribution in [3.8, 4) is 0 Å². The monoisotopic (exact) mass is 271 g/mol. The van der Waals surface area contributed by atoms with Crippen molar-refractivity contribution < 1.29 is 24.2 Å². The van der Waals surface area contributed by atoms with Gasteiger partial charge in [0.05, 0.1) is 0 Å². The van der Waals surface area contributed by atoms with Crippen LogP contribution in [-0.4, -0.2) is 53.0 Å². The Hall–Kier alpha value is -1.30. The fraction of sp³-hybridized carbons (Fsp3) is 0.846. The van der Waals surface area contributed by atoms with E-state index in [0.29, 0.717) is 19.4 Å². The average molecular weight is 271 g/mol. The van der Waals surface area contributed by atoms with Gasteiger partial charge in [0.15, 0.2) is 5.60 Å². The van der Waals surface area contributed by atoms with E-state index in [1.807, 2.05) is 20.8 Å². The molecule has 3 atom stereocenters. The maximum absolute atomic E-state index is 12.0. The normalized spacial score (nSPS) is 33.6.